The smallest absolute Gasteiger partial charge is 0.160 e. The molecule has 1 N–H and O–H groups in total. The summed E-state index contributed by atoms with van der Waals surface area (Å²) in [6.07, 6.45) is 9.30. The largest absolute Gasteiger partial charge is 0.326 e. The van der Waals surface area contributed by atoms with E-state index in [1.54, 1.807) is 0 Å². The van der Waals surface area contributed by atoms with Gasteiger partial charge in [0, 0.05) is 50.7 Å². The summed E-state index contributed by atoms with van der Waals surface area (Å²) in [5.74, 6) is 3.73. The van der Waals surface area contributed by atoms with Crippen molar-refractivity contribution >= 4 is 36.6 Å². The second-order valence-electron chi connectivity index (χ2n) is 7.69. The SMILES string of the molecule is Cl.Cl.c1cn(C2CCN(C3CCSCC3)CC2)c(-c2cc3n(n2)CCNC3)n1. The van der Waals surface area contributed by atoms with Gasteiger partial charge in [-0.1, -0.05) is 0 Å². The normalized spacial score (nSPS) is 21.6. The summed E-state index contributed by atoms with van der Waals surface area (Å²) in [6.45, 7) is 5.31. The molecule has 2 aromatic heterocycles. The van der Waals surface area contributed by atoms with Gasteiger partial charge < -0.3 is 14.8 Å². The van der Waals surface area contributed by atoms with Crippen molar-refractivity contribution in [3.63, 3.8) is 0 Å². The first-order valence-corrected chi connectivity index (χ1v) is 11.2. The van der Waals surface area contributed by atoms with Crippen molar-refractivity contribution in [3.05, 3.63) is 24.2 Å². The minimum absolute atomic E-state index is 0. The first-order chi connectivity index (χ1) is 12.9. The van der Waals surface area contributed by atoms with Crippen molar-refractivity contribution in [1.29, 1.82) is 0 Å². The molecule has 2 fully saturated rings. The van der Waals surface area contributed by atoms with Crippen molar-refractivity contribution < 1.29 is 0 Å². The predicted molar refractivity (Wildman–Crippen MR) is 120 cm³/mol. The molecule has 0 spiro atoms. The Hall–Kier alpha value is -0.730. The quantitative estimate of drug-likeness (QED) is 0.787. The highest BCUT2D eigenvalue weighted by Crippen LogP contribution is 2.31. The summed E-state index contributed by atoms with van der Waals surface area (Å²) in [5.41, 5.74) is 2.30. The lowest BCUT2D eigenvalue weighted by atomic mass is 10.0. The first kappa shape index (κ1) is 22.0. The molecular formula is C19H30Cl2N6S. The average molecular weight is 445 g/mol. The number of hydrogen-bond acceptors (Lipinski definition) is 5. The summed E-state index contributed by atoms with van der Waals surface area (Å²) in [4.78, 5) is 7.41. The lowest BCUT2D eigenvalue weighted by Crippen LogP contribution is -2.43. The third-order valence-electron chi connectivity index (χ3n) is 6.17. The Bertz CT molecular complexity index is 726. The Morgan fingerprint density at radius 1 is 1.00 bits per heavy atom. The molecule has 0 bridgehead atoms. The van der Waals surface area contributed by atoms with Crippen molar-refractivity contribution in [2.45, 2.75) is 50.9 Å². The molecule has 3 aliphatic rings. The summed E-state index contributed by atoms with van der Waals surface area (Å²) < 4.78 is 4.52. The van der Waals surface area contributed by atoms with Gasteiger partial charge in [0.2, 0.25) is 0 Å². The number of nitrogens with one attached hydrogen (secondary N) is 1. The van der Waals surface area contributed by atoms with Gasteiger partial charge in [0.25, 0.3) is 0 Å². The van der Waals surface area contributed by atoms with Crippen LogP contribution in [0, 0.1) is 0 Å². The molecule has 3 aliphatic heterocycles. The molecule has 6 nitrogen and oxygen atoms in total. The topological polar surface area (TPSA) is 50.9 Å². The van der Waals surface area contributed by atoms with Crippen LogP contribution < -0.4 is 5.32 Å². The molecule has 2 saturated heterocycles. The van der Waals surface area contributed by atoms with E-state index < -0.39 is 0 Å². The highest BCUT2D eigenvalue weighted by atomic mass is 35.5. The highest BCUT2D eigenvalue weighted by molar-refractivity contribution is 7.99. The van der Waals surface area contributed by atoms with Gasteiger partial charge in [-0.05, 0) is 43.3 Å². The Morgan fingerprint density at radius 3 is 2.54 bits per heavy atom. The Kier molecular flexibility index (Phi) is 7.73. The maximum Gasteiger partial charge on any atom is 0.160 e. The third-order valence-corrected chi connectivity index (χ3v) is 7.22. The number of imidazole rings is 1. The van der Waals surface area contributed by atoms with Gasteiger partial charge in [-0.3, -0.25) is 4.68 Å². The zero-order chi connectivity index (χ0) is 17.3. The van der Waals surface area contributed by atoms with Crippen molar-refractivity contribution in [2.24, 2.45) is 0 Å². The van der Waals surface area contributed by atoms with Gasteiger partial charge in [-0.2, -0.15) is 16.9 Å². The van der Waals surface area contributed by atoms with Crippen molar-refractivity contribution in [1.82, 2.24) is 29.5 Å². The van der Waals surface area contributed by atoms with Crippen LogP contribution in [0.3, 0.4) is 0 Å². The van der Waals surface area contributed by atoms with Crippen LogP contribution >= 0.6 is 36.6 Å². The standard InChI is InChI=1S/C19H28N6S.2ClH/c1-7-23(15-3-11-26-12-4-15)8-2-16(1)24-9-6-21-19(24)18-13-17-14-20-5-10-25(17)22-18;;/h6,9,13,15-16,20H,1-5,7-8,10-12,14H2;2*1H. The van der Waals surface area contributed by atoms with Crippen molar-refractivity contribution in [3.8, 4) is 11.5 Å². The first-order valence-electron chi connectivity index (χ1n) is 10.0. The number of nitrogens with zero attached hydrogens (tertiary/aromatic N) is 5. The van der Waals surface area contributed by atoms with E-state index >= 15 is 0 Å². The molecule has 0 unspecified atom stereocenters. The fourth-order valence-electron chi connectivity index (χ4n) is 4.69. The molecule has 156 valence electrons. The second-order valence-corrected chi connectivity index (χ2v) is 8.91. The van der Waals surface area contributed by atoms with E-state index in [1.807, 2.05) is 6.20 Å². The van der Waals surface area contributed by atoms with Crippen LogP contribution in [-0.4, -0.2) is 61.4 Å². The predicted octanol–water partition coefficient (Wildman–Crippen LogP) is 3.23. The van der Waals surface area contributed by atoms with Crippen LogP contribution in [0.2, 0.25) is 0 Å². The third kappa shape index (κ3) is 4.38. The van der Waals surface area contributed by atoms with E-state index in [4.69, 9.17) is 5.10 Å². The van der Waals surface area contributed by atoms with E-state index in [2.05, 4.69) is 48.5 Å². The zero-order valence-corrected chi connectivity index (χ0v) is 18.6. The average Bonchev–Trinajstić information content (AvgIpc) is 3.35. The number of halogens is 2. The summed E-state index contributed by atoms with van der Waals surface area (Å²) in [7, 11) is 0. The monoisotopic (exact) mass is 444 g/mol. The summed E-state index contributed by atoms with van der Waals surface area (Å²) in [6, 6.07) is 3.59. The molecule has 5 rings (SSSR count). The number of fused-ring (bicyclic) bond motifs is 1. The van der Waals surface area contributed by atoms with E-state index in [9.17, 15) is 0 Å². The van der Waals surface area contributed by atoms with E-state index in [1.165, 1.54) is 56.0 Å². The molecule has 2 aromatic rings. The Labute approximate surface area is 183 Å². The summed E-state index contributed by atoms with van der Waals surface area (Å²) in [5, 5.41) is 8.24. The zero-order valence-electron chi connectivity index (χ0n) is 16.1. The van der Waals surface area contributed by atoms with Crippen LogP contribution in [0.25, 0.3) is 11.5 Å². The molecule has 0 saturated carbocycles. The summed E-state index contributed by atoms with van der Waals surface area (Å²) >= 11 is 2.12. The Morgan fingerprint density at radius 2 is 1.79 bits per heavy atom. The van der Waals surface area contributed by atoms with E-state index in [0.29, 0.717) is 6.04 Å². The number of piperidine rings is 1. The minimum Gasteiger partial charge on any atom is -0.326 e. The minimum atomic E-state index is 0. The fourth-order valence-corrected chi connectivity index (χ4v) is 5.77. The maximum atomic E-state index is 4.82. The lowest BCUT2D eigenvalue weighted by molar-refractivity contribution is 0.128. The van der Waals surface area contributed by atoms with Crippen LogP contribution in [0.1, 0.15) is 37.4 Å². The number of thioether (sulfide) groups is 1. The van der Waals surface area contributed by atoms with Gasteiger partial charge in [-0.15, -0.1) is 24.8 Å². The van der Waals surface area contributed by atoms with Crippen molar-refractivity contribution in [2.75, 3.05) is 31.1 Å². The molecule has 0 amide bonds. The molecule has 0 atom stereocenters. The lowest BCUT2D eigenvalue weighted by Gasteiger charge is -2.39. The van der Waals surface area contributed by atoms with Crippen LogP contribution in [0.4, 0.5) is 0 Å². The molecule has 0 aromatic carbocycles. The molecule has 9 heteroatoms. The van der Waals surface area contributed by atoms with Crippen LogP contribution in [-0.2, 0) is 13.1 Å². The maximum absolute atomic E-state index is 4.82. The molecule has 0 radical (unpaired) electrons. The molecule has 5 heterocycles. The second kappa shape index (κ2) is 9.85. The Balaban J connectivity index is 0.00000112. The van der Waals surface area contributed by atoms with E-state index in [-0.39, 0.29) is 24.8 Å². The molecular weight excluding hydrogens is 415 g/mol. The number of aromatic nitrogens is 4. The highest BCUT2D eigenvalue weighted by Gasteiger charge is 2.28. The fraction of sp³-hybridized carbons (Fsp3) is 0.684. The number of likely N-dealkylation sites (tertiary alicyclic amines) is 1. The van der Waals surface area contributed by atoms with Crippen LogP contribution in [0.15, 0.2) is 18.5 Å². The van der Waals surface area contributed by atoms with Gasteiger partial charge in [0.1, 0.15) is 5.69 Å². The van der Waals surface area contributed by atoms with E-state index in [0.717, 1.165) is 37.2 Å². The molecule has 0 aliphatic carbocycles. The van der Waals surface area contributed by atoms with Gasteiger partial charge in [0.15, 0.2) is 5.82 Å². The number of hydrogen-bond donors (Lipinski definition) is 1. The van der Waals surface area contributed by atoms with Crippen LogP contribution in [0.5, 0.6) is 0 Å². The molecule has 28 heavy (non-hydrogen) atoms. The van der Waals surface area contributed by atoms with Gasteiger partial charge >= 0.3 is 0 Å². The number of rotatable bonds is 3. The van der Waals surface area contributed by atoms with Gasteiger partial charge in [0.05, 0.1) is 12.2 Å². The van der Waals surface area contributed by atoms with Gasteiger partial charge in [-0.25, -0.2) is 4.98 Å².